The summed E-state index contributed by atoms with van der Waals surface area (Å²) in [7, 11) is -4.36. The lowest BCUT2D eigenvalue weighted by atomic mass is 10.1. The Labute approximate surface area is 150 Å². The molecule has 13 nitrogen and oxygen atoms in total. The number of rotatable bonds is 6. The van der Waals surface area contributed by atoms with Crippen molar-refractivity contribution >= 4 is 36.0 Å². The zero-order valence-electron chi connectivity index (χ0n) is 13.0. The molecule has 0 radical (unpaired) electrons. The second-order valence-electron chi connectivity index (χ2n) is 5.52. The van der Waals surface area contributed by atoms with Crippen LogP contribution in [-0.4, -0.2) is 71.0 Å². The van der Waals surface area contributed by atoms with E-state index in [4.69, 9.17) is 36.7 Å². The molecule has 0 unspecified atom stereocenters. The molecular formula is C11H16ClN6O7P. The van der Waals surface area contributed by atoms with E-state index in [0.29, 0.717) is 5.39 Å². The lowest BCUT2D eigenvalue weighted by molar-refractivity contribution is -0.0658. The van der Waals surface area contributed by atoms with E-state index in [1.165, 1.54) is 10.9 Å². The molecule has 0 spiro atoms. The van der Waals surface area contributed by atoms with Gasteiger partial charge in [-0.25, -0.2) is 10.5 Å². The van der Waals surface area contributed by atoms with Crippen molar-refractivity contribution in [3.05, 3.63) is 11.5 Å². The Bertz CT molecular complexity index is 846. The Morgan fingerprint density at radius 3 is 2.77 bits per heavy atom. The fourth-order valence-corrected chi connectivity index (χ4v) is 3.06. The molecule has 1 aliphatic rings. The van der Waals surface area contributed by atoms with Gasteiger partial charge in [-0.3, -0.25) is 4.57 Å². The standard InChI is InChI=1S/C11H16ClN6O7P/c12-11-15-8(17-13)4-1-14-18(9(4)16-11)10-7(20)6(19)5(25-10)2-24-3-26(21,22)23/h1,5-7,10,19-20H,2-3,13H2,(H,15,16,17)(H2,21,22,23)/t5-,6-,7-,10-/m1/s1. The summed E-state index contributed by atoms with van der Waals surface area (Å²) in [5.74, 6) is 5.58. The molecule has 1 aliphatic heterocycles. The monoisotopic (exact) mass is 410 g/mol. The summed E-state index contributed by atoms with van der Waals surface area (Å²) in [6, 6.07) is 0. The van der Waals surface area contributed by atoms with E-state index >= 15 is 0 Å². The van der Waals surface area contributed by atoms with Gasteiger partial charge in [-0.15, -0.1) is 0 Å². The van der Waals surface area contributed by atoms with Crippen LogP contribution in [0.2, 0.25) is 5.28 Å². The zero-order chi connectivity index (χ0) is 19.1. The van der Waals surface area contributed by atoms with Gasteiger partial charge in [-0.05, 0) is 11.6 Å². The average molecular weight is 411 g/mol. The third kappa shape index (κ3) is 3.81. The number of nitrogens with one attached hydrogen (secondary N) is 1. The fourth-order valence-electron chi connectivity index (χ4n) is 2.55. The molecule has 0 aromatic carbocycles. The van der Waals surface area contributed by atoms with Crippen LogP contribution in [-0.2, 0) is 14.0 Å². The van der Waals surface area contributed by atoms with Gasteiger partial charge in [0, 0.05) is 0 Å². The fraction of sp³-hybridized carbons (Fsp3) is 0.545. The van der Waals surface area contributed by atoms with Crippen LogP contribution in [0, 0.1) is 0 Å². The van der Waals surface area contributed by atoms with Crippen molar-refractivity contribution in [3.63, 3.8) is 0 Å². The molecular weight excluding hydrogens is 395 g/mol. The van der Waals surface area contributed by atoms with Gasteiger partial charge in [-0.1, -0.05) is 0 Å². The van der Waals surface area contributed by atoms with Crippen molar-refractivity contribution in [2.75, 3.05) is 18.4 Å². The van der Waals surface area contributed by atoms with Crippen LogP contribution < -0.4 is 11.3 Å². The molecule has 0 saturated carbocycles. The van der Waals surface area contributed by atoms with Gasteiger partial charge < -0.3 is 34.9 Å². The van der Waals surface area contributed by atoms with E-state index in [0.717, 1.165) is 0 Å². The van der Waals surface area contributed by atoms with E-state index in [1.54, 1.807) is 0 Å². The SMILES string of the molecule is NNc1nc(Cl)nc2c1cnn2[C@@H]1O[C@H](COCP(=O)(O)O)[C@@H](O)[C@H]1O. The molecule has 15 heteroatoms. The molecule has 2 aromatic rings. The van der Waals surface area contributed by atoms with Gasteiger partial charge in [0.25, 0.3) is 0 Å². The summed E-state index contributed by atoms with van der Waals surface area (Å²) in [6.07, 6.45) is -4.40. The lowest BCUT2D eigenvalue weighted by Crippen LogP contribution is -2.34. The van der Waals surface area contributed by atoms with Gasteiger partial charge >= 0.3 is 7.60 Å². The second kappa shape index (κ2) is 7.31. The highest BCUT2D eigenvalue weighted by Crippen LogP contribution is 2.36. The second-order valence-corrected chi connectivity index (χ2v) is 7.45. The number of hydrazine groups is 1. The third-order valence-electron chi connectivity index (χ3n) is 3.68. The number of nitrogens with two attached hydrogens (primary N) is 1. The molecule has 0 amide bonds. The molecule has 1 fully saturated rings. The number of aliphatic hydroxyl groups is 2. The van der Waals surface area contributed by atoms with Crippen LogP contribution in [0.4, 0.5) is 5.82 Å². The highest BCUT2D eigenvalue weighted by Gasteiger charge is 2.45. The summed E-state index contributed by atoms with van der Waals surface area (Å²) >= 11 is 5.84. The molecule has 2 aromatic heterocycles. The first-order valence-electron chi connectivity index (χ1n) is 7.22. The first kappa shape index (κ1) is 19.4. The van der Waals surface area contributed by atoms with E-state index in [1.807, 2.05) is 0 Å². The molecule has 3 rings (SSSR count). The number of aliphatic hydroxyl groups excluding tert-OH is 2. The smallest absolute Gasteiger partial charge is 0.350 e. The van der Waals surface area contributed by atoms with Crippen molar-refractivity contribution in [1.82, 2.24) is 19.7 Å². The first-order chi connectivity index (χ1) is 12.2. The van der Waals surface area contributed by atoms with E-state index < -0.39 is 38.5 Å². The van der Waals surface area contributed by atoms with E-state index in [-0.39, 0.29) is 23.4 Å². The number of nitrogens with zero attached hydrogens (tertiary/aromatic N) is 4. The number of nitrogen functional groups attached to an aromatic ring is 1. The summed E-state index contributed by atoms with van der Waals surface area (Å²) in [6.45, 7) is -0.343. The Morgan fingerprint density at radius 1 is 1.38 bits per heavy atom. The van der Waals surface area contributed by atoms with E-state index in [2.05, 4.69) is 20.5 Å². The molecule has 26 heavy (non-hydrogen) atoms. The van der Waals surface area contributed by atoms with Crippen molar-refractivity contribution in [1.29, 1.82) is 0 Å². The van der Waals surface area contributed by atoms with Crippen LogP contribution in [0.5, 0.6) is 0 Å². The van der Waals surface area contributed by atoms with Crippen LogP contribution in [0.25, 0.3) is 11.0 Å². The van der Waals surface area contributed by atoms with Crippen LogP contribution in [0.3, 0.4) is 0 Å². The topological polar surface area (TPSA) is 198 Å². The molecule has 7 N–H and O–H groups in total. The number of aromatic nitrogens is 4. The minimum atomic E-state index is -4.36. The number of fused-ring (bicyclic) bond motifs is 1. The predicted molar refractivity (Wildman–Crippen MR) is 86.9 cm³/mol. The van der Waals surface area contributed by atoms with Crippen molar-refractivity contribution in [2.45, 2.75) is 24.5 Å². The van der Waals surface area contributed by atoms with Crippen LogP contribution in [0.15, 0.2) is 6.20 Å². The Balaban J connectivity index is 1.82. The number of hydrogen-bond donors (Lipinski definition) is 6. The third-order valence-corrected chi connectivity index (χ3v) is 4.37. The number of ether oxygens (including phenoxy) is 2. The average Bonchev–Trinajstić information content (AvgIpc) is 3.09. The minimum Gasteiger partial charge on any atom is -0.387 e. The minimum absolute atomic E-state index is 0.123. The number of halogens is 1. The maximum absolute atomic E-state index is 10.8. The molecule has 0 bridgehead atoms. The van der Waals surface area contributed by atoms with Crippen molar-refractivity contribution in [2.24, 2.45) is 5.84 Å². The van der Waals surface area contributed by atoms with Crippen LogP contribution >= 0.6 is 19.2 Å². The predicted octanol–water partition coefficient (Wildman–Crippen LogP) is -1.46. The maximum atomic E-state index is 10.8. The molecule has 3 heterocycles. The van der Waals surface area contributed by atoms with Gasteiger partial charge in [0.2, 0.25) is 5.28 Å². The molecule has 4 atom stereocenters. The summed E-state index contributed by atoms with van der Waals surface area (Å²) in [5.41, 5.74) is 2.55. The van der Waals surface area contributed by atoms with Crippen LogP contribution in [0.1, 0.15) is 6.23 Å². The zero-order valence-corrected chi connectivity index (χ0v) is 14.7. The molecule has 0 aliphatic carbocycles. The highest BCUT2D eigenvalue weighted by atomic mass is 35.5. The quantitative estimate of drug-likeness (QED) is 0.140. The Hall–Kier alpha value is -1.41. The normalized spacial score (nSPS) is 26.5. The largest absolute Gasteiger partial charge is 0.387 e. The molecule has 1 saturated heterocycles. The van der Waals surface area contributed by atoms with Gasteiger partial charge in [0.1, 0.15) is 24.7 Å². The highest BCUT2D eigenvalue weighted by molar-refractivity contribution is 7.51. The maximum Gasteiger partial charge on any atom is 0.350 e. The van der Waals surface area contributed by atoms with Gasteiger partial charge in [-0.2, -0.15) is 15.1 Å². The lowest BCUT2D eigenvalue weighted by Gasteiger charge is -2.16. The summed E-state index contributed by atoms with van der Waals surface area (Å²) in [5, 5.41) is 24.7. The van der Waals surface area contributed by atoms with Crippen molar-refractivity contribution in [3.8, 4) is 0 Å². The van der Waals surface area contributed by atoms with E-state index in [9.17, 15) is 14.8 Å². The van der Waals surface area contributed by atoms with Crippen molar-refractivity contribution < 1.29 is 34.0 Å². The Kier molecular flexibility index (Phi) is 5.44. The van der Waals surface area contributed by atoms with Gasteiger partial charge in [0.15, 0.2) is 17.7 Å². The molecule has 144 valence electrons. The number of anilines is 1. The number of hydrogen-bond acceptors (Lipinski definition) is 10. The summed E-state index contributed by atoms with van der Waals surface area (Å²) in [4.78, 5) is 25.5. The summed E-state index contributed by atoms with van der Waals surface area (Å²) < 4.78 is 22.4. The van der Waals surface area contributed by atoms with Gasteiger partial charge in [0.05, 0.1) is 18.2 Å². The Morgan fingerprint density at radius 2 is 2.12 bits per heavy atom. The first-order valence-corrected chi connectivity index (χ1v) is 9.40.